The molecule has 1 amide bonds. The van der Waals surface area contributed by atoms with Crippen LogP contribution in [0.2, 0.25) is 5.02 Å². The van der Waals surface area contributed by atoms with Crippen molar-refractivity contribution in [2.75, 3.05) is 67.7 Å². The third-order valence-electron chi connectivity index (χ3n) is 5.13. The Morgan fingerprint density at radius 3 is 2.24 bits per heavy atom. The van der Waals surface area contributed by atoms with Crippen molar-refractivity contribution in [2.45, 2.75) is 0 Å². The lowest BCUT2D eigenvalue weighted by Gasteiger charge is -2.33. The lowest BCUT2D eigenvalue weighted by atomic mass is 10.1. The van der Waals surface area contributed by atoms with Gasteiger partial charge in [-0.1, -0.05) is 11.6 Å². The minimum absolute atomic E-state index is 0.0837. The van der Waals surface area contributed by atoms with E-state index in [-0.39, 0.29) is 16.5 Å². The molecular formula is C21H23ClFN3O3. The van der Waals surface area contributed by atoms with Crippen molar-refractivity contribution in [3.8, 4) is 0 Å². The molecule has 0 atom stereocenters. The molecule has 4 rings (SSSR count). The van der Waals surface area contributed by atoms with Crippen LogP contribution >= 0.6 is 11.6 Å². The van der Waals surface area contributed by atoms with E-state index in [1.165, 1.54) is 12.1 Å². The standard InChI is InChI=1S/C21H23ClFN3O3/c22-18-13-15(23)1-3-17(18)21(27)24-19-4-2-16(25-5-9-28-10-6-25)14-20(19)26-7-11-29-12-8-26/h1-4,13-14H,5-12H2,(H,24,27). The van der Waals surface area contributed by atoms with Gasteiger partial charge in [-0.25, -0.2) is 4.39 Å². The van der Waals surface area contributed by atoms with Gasteiger partial charge in [-0.05, 0) is 36.4 Å². The summed E-state index contributed by atoms with van der Waals surface area (Å²) in [6.45, 7) is 5.83. The summed E-state index contributed by atoms with van der Waals surface area (Å²) in [5, 5.41) is 3.03. The molecule has 0 spiro atoms. The first-order chi connectivity index (χ1) is 14.1. The van der Waals surface area contributed by atoms with Gasteiger partial charge >= 0.3 is 0 Å². The Labute approximate surface area is 174 Å². The largest absolute Gasteiger partial charge is 0.378 e. The Hall–Kier alpha value is -2.35. The lowest BCUT2D eigenvalue weighted by Crippen LogP contribution is -2.38. The molecule has 2 aliphatic heterocycles. The molecule has 0 saturated carbocycles. The number of anilines is 3. The SMILES string of the molecule is O=C(Nc1ccc(N2CCOCC2)cc1N1CCOCC1)c1ccc(F)cc1Cl. The Bertz CT molecular complexity index is 883. The molecular weight excluding hydrogens is 397 g/mol. The van der Waals surface area contributed by atoms with E-state index in [9.17, 15) is 9.18 Å². The lowest BCUT2D eigenvalue weighted by molar-refractivity contribution is 0.102. The highest BCUT2D eigenvalue weighted by Crippen LogP contribution is 2.33. The van der Waals surface area contributed by atoms with Crippen LogP contribution in [0.4, 0.5) is 21.5 Å². The maximum absolute atomic E-state index is 13.3. The minimum Gasteiger partial charge on any atom is -0.378 e. The van der Waals surface area contributed by atoms with Gasteiger partial charge in [0.25, 0.3) is 5.91 Å². The van der Waals surface area contributed by atoms with Crippen LogP contribution in [0.5, 0.6) is 0 Å². The van der Waals surface area contributed by atoms with Crippen LogP contribution in [0.25, 0.3) is 0 Å². The zero-order chi connectivity index (χ0) is 20.2. The number of benzene rings is 2. The number of ether oxygens (including phenoxy) is 2. The Balaban J connectivity index is 1.62. The zero-order valence-corrected chi connectivity index (χ0v) is 16.8. The van der Waals surface area contributed by atoms with E-state index in [1.54, 1.807) is 0 Å². The van der Waals surface area contributed by atoms with Crippen molar-refractivity contribution in [2.24, 2.45) is 0 Å². The van der Waals surface area contributed by atoms with E-state index in [4.69, 9.17) is 21.1 Å². The van der Waals surface area contributed by atoms with Crippen molar-refractivity contribution in [3.05, 3.63) is 52.8 Å². The fourth-order valence-corrected chi connectivity index (χ4v) is 3.83. The van der Waals surface area contributed by atoms with Crippen molar-refractivity contribution in [1.82, 2.24) is 0 Å². The van der Waals surface area contributed by atoms with E-state index in [0.717, 1.165) is 43.6 Å². The van der Waals surface area contributed by atoms with E-state index >= 15 is 0 Å². The Morgan fingerprint density at radius 1 is 0.931 bits per heavy atom. The van der Waals surface area contributed by atoms with Gasteiger partial charge in [-0.3, -0.25) is 4.79 Å². The number of morpholine rings is 2. The highest BCUT2D eigenvalue weighted by Gasteiger charge is 2.20. The molecule has 2 heterocycles. The van der Waals surface area contributed by atoms with Gasteiger partial charge in [0.15, 0.2) is 0 Å². The quantitative estimate of drug-likeness (QED) is 0.823. The van der Waals surface area contributed by atoms with Gasteiger partial charge in [0.1, 0.15) is 5.82 Å². The first kappa shape index (κ1) is 19.9. The van der Waals surface area contributed by atoms with Crippen molar-refractivity contribution >= 4 is 34.6 Å². The number of rotatable bonds is 4. The molecule has 6 nitrogen and oxygen atoms in total. The molecule has 1 N–H and O–H groups in total. The molecule has 29 heavy (non-hydrogen) atoms. The van der Waals surface area contributed by atoms with Gasteiger partial charge in [-0.2, -0.15) is 0 Å². The number of hydrogen-bond acceptors (Lipinski definition) is 5. The summed E-state index contributed by atoms with van der Waals surface area (Å²) >= 11 is 6.06. The summed E-state index contributed by atoms with van der Waals surface area (Å²) in [5.74, 6) is -0.848. The molecule has 8 heteroatoms. The zero-order valence-electron chi connectivity index (χ0n) is 16.0. The maximum Gasteiger partial charge on any atom is 0.257 e. The molecule has 0 aromatic heterocycles. The third kappa shape index (κ3) is 4.63. The fourth-order valence-electron chi connectivity index (χ4n) is 3.57. The second-order valence-electron chi connectivity index (χ2n) is 6.98. The van der Waals surface area contributed by atoms with Crippen LogP contribution in [0, 0.1) is 5.82 Å². The average molecular weight is 420 g/mol. The van der Waals surface area contributed by atoms with Crippen molar-refractivity contribution < 1.29 is 18.7 Å². The number of amides is 1. The third-order valence-corrected chi connectivity index (χ3v) is 5.45. The number of nitrogens with zero attached hydrogens (tertiary/aromatic N) is 2. The molecule has 2 fully saturated rings. The number of hydrogen-bond donors (Lipinski definition) is 1. The Kier molecular flexibility index (Phi) is 6.18. The molecule has 0 unspecified atom stereocenters. The number of carbonyl (C=O) groups is 1. The normalized spacial score (nSPS) is 17.3. The molecule has 0 bridgehead atoms. The smallest absolute Gasteiger partial charge is 0.257 e. The van der Waals surface area contributed by atoms with Crippen LogP contribution in [-0.4, -0.2) is 58.5 Å². The summed E-state index contributed by atoms with van der Waals surface area (Å²) in [7, 11) is 0. The van der Waals surface area contributed by atoms with E-state index < -0.39 is 5.82 Å². The molecule has 2 aromatic rings. The minimum atomic E-state index is -0.476. The number of carbonyl (C=O) groups excluding carboxylic acids is 1. The second-order valence-corrected chi connectivity index (χ2v) is 7.39. The van der Waals surface area contributed by atoms with Gasteiger partial charge in [-0.15, -0.1) is 0 Å². The maximum atomic E-state index is 13.3. The molecule has 2 aromatic carbocycles. The van der Waals surface area contributed by atoms with Gasteiger partial charge in [0, 0.05) is 31.9 Å². The number of halogens is 2. The average Bonchev–Trinajstić information content (AvgIpc) is 2.75. The highest BCUT2D eigenvalue weighted by atomic mass is 35.5. The topological polar surface area (TPSA) is 54.0 Å². The number of nitrogens with one attached hydrogen (secondary N) is 1. The molecule has 2 aliphatic rings. The van der Waals surface area contributed by atoms with E-state index in [0.29, 0.717) is 32.1 Å². The van der Waals surface area contributed by atoms with Crippen LogP contribution < -0.4 is 15.1 Å². The molecule has 154 valence electrons. The first-order valence-corrected chi connectivity index (χ1v) is 10.1. The van der Waals surface area contributed by atoms with Crippen LogP contribution in [0.15, 0.2) is 36.4 Å². The van der Waals surface area contributed by atoms with Gasteiger partial charge in [0.05, 0.1) is 48.4 Å². The van der Waals surface area contributed by atoms with Gasteiger partial charge < -0.3 is 24.6 Å². The molecule has 0 radical (unpaired) electrons. The predicted octanol–water partition coefficient (Wildman–Crippen LogP) is 3.40. The summed E-state index contributed by atoms with van der Waals surface area (Å²) in [6.07, 6.45) is 0. The molecule has 2 saturated heterocycles. The summed E-state index contributed by atoms with van der Waals surface area (Å²) in [5.41, 5.74) is 2.95. The summed E-state index contributed by atoms with van der Waals surface area (Å²) in [6, 6.07) is 9.76. The second kappa shape index (κ2) is 8.98. The highest BCUT2D eigenvalue weighted by molar-refractivity contribution is 6.34. The van der Waals surface area contributed by atoms with Crippen molar-refractivity contribution in [3.63, 3.8) is 0 Å². The Morgan fingerprint density at radius 2 is 1.59 bits per heavy atom. The van der Waals surface area contributed by atoms with E-state index in [1.807, 2.05) is 12.1 Å². The van der Waals surface area contributed by atoms with E-state index in [2.05, 4.69) is 21.2 Å². The summed E-state index contributed by atoms with van der Waals surface area (Å²) in [4.78, 5) is 17.3. The molecule has 0 aliphatic carbocycles. The monoisotopic (exact) mass is 419 g/mol. The summed E-state index contributed by atoms with van der Waals surface area (Å²) < 4.78 is 24.2. The van der Waals surface area contributed by atoms with Crippen LogP contribution in [-0.2, 0) is 9.47 Å². The predicted molar refractivity (Wildman–Crippen MR) is 112 cm³/mol. The first-order valence-electron chi connectivity index (χ1n) is 9.67. The fraction of sp³-hybridized carbons (Fsp3) is 0.381. The van der Waals surface area contributed by atoms with Crippen LogP contribution in [0.3, 0.4) is 0 Å². The van der Waals surface area contributed by atoms with Crippen molar-refractivity contribution in [1.29, 1.82) is 0 Å². The van der Waals surface area contributed by atoms with Gasteiger partial charge in [0.2, 0.25) is 0 Å². The van der Waals surface area contributed by atoms with Crippen LogP contribution in [0.1, 0.15) is 10.4 Å².